The number of aromatic nitrogens is 3. The fourth-order valence-electron chi connectivity index (χ4n) is 6.78. The van der Waals surface area contributed by atoms with E-state index in [1.54, 1.807) is 0 Å². The summed E-state index contributed by atoms with van der Waals surface area (Å²) >= 11 is 0. The molecule has 200 valence electrons. The molecule has 0 atom stereocenters. The van der Waals surface area contributed by atoms with Crippen molar-refractivity contribution in [1.29, 1.82) is 0 Å². The van der Waals surface area contributed by atoms with Gasteiger partial charge in [-0.05, 0) is 52.9 Å². The van der Waals surface area contributed by atoms with Crippen LogP contribution in [0.4, 0.5) is 0 Å². The zero-order chi connectivity index (χ0) is 28.1. The van der Waals surface area contributed by atoms with E-state index >= 15 is 0 Å². The second kappa shape index (κ2) is 8.30. The maximum Gasteiger partial charge on any atom is 0.236 e. The van der Waals surface area contributed by atoms with E-state index < -0.39 is 0 Å². The van der Waals surface area contributed by atoms with Gasteiger partial charge in [-0.1, -0.05) is 91.0 Å². The molecule has 0 radical (unpaired) electrons. The van der Waals surface area contributed by atoms with Crippen LogP contribution >= 0.6 is 0 Å². The first-order valence-electron chi connectivity index (χ1n) is 14.3. The summed E-state index contributed by atoms with van der Waals surface area (Å²) in [5.74, 6) is 2.29. The number of ether oxygens (including phenoxy) is 1. The molecule has 5 heteroatoms. The molecule has 5 nitrogen and oxygen atoms in total. The van der Waals surface area contributed by atoms with Gasteiger partial charge in [0.2, 0.25) is 5.95 Å². The monoisotopic (exact) mass is 551 g/mol. The quantitative estimate of drug-likeness (QED) is 0.219. The van der Waals surface area contributed by atoms with Gasteiger partial charge < -0.3 is 9.15 Å². The number of benzene rings is 6. The lowest BCUT2D eigenvalue weighted by atomic mass is 9.93. The highest BCUT2D eigenvalue weighted by Gasteiger charge is 2.28. The molecule has 0 saturated carbocycles. The van der Waals surface area contributed by atoms with Gasteiger partial charge in [-0.15, -0.1) is 0 Å². The Bertz CT molecular complexity index is 2580. The standard InChI is InChI=1S/C38H21N3O2/c1-3-11-22(12-4-1)26-21-28-34-32-24(26)16-9-19-30(32)42-31-20-10-17-27(33(31)34)41(28)38-39-35(23-13-5-2-6-14-23)37-36(40-38)25-15-7-8-18-29(25)43-37/h1-21H. The van der Waals surface area contributed by atoms with Crippen LogP contribution in [0.2, 0.25) is 0 Å². The molecule has 0 saturated heterocycles. The Labute approximate surface area is 245 Å². The SMILES string of the molecule is c1ccc(-c2cc3c4c5c(cccc25)Oc2cccc(c24)n3-c2nc(-c3ccccc3)c3oc4ccccc4c3n2)cc1. The Balaban J connectivity index is 1.41. The largest absolute Gasteiger partial charge is 0.456 e. The van der Waals surface area contributed by atoms with E-state index in [0.29, 0.717) is 11.5 Å². The Morgan fingerprint density at radius 2 is 1.23 bits per heavy atom. The lowest BCUT2D eigenvalue weighted by Gasteiger charge is -2.18. The highest BCUT2D eigenvalue weighted by molar-refractivity contribution is 6.28. The van der Waals surface area contributed by atoms with Crippen LogP contribution in [0.15, 0.2) is 132 Å². The maximum absolute atomic E-state index is 6.56. The van der Waals surface area contributed by atoms with Gasteiger partial charge in [0.05, 0.1) is 16.4 Å². The summed E-state index contributed by atoms with van der Waals surface area (Å²) in [6.45, 7) is 0. The van der Waals surface area contributed by atoms with Crippen molar-refractivity contribution >= 4 is 54.6 Å². The molecule has 9 aromatic rings. The average molecular weight is 552 g/mol. The Morgan fingerprint density at radius 3 is 2.07 bits per heavy atom. The number of furan rings is 1. The van der Waals surface area contributed by atoms with Crippen molar-refractivity contribution in [2.75, 3.05) is 0 Å². The van der Waals surface area contributed by atoms with Gasteiger partial charge in [0.1, 0.15) is 28.3 Å². The second-order valence-corrected chi connectivity index (χ2v) is 11.0. The molecule has 0 aliphatic carbocycles. The van der Waals surface area contributed by atoms with Gasteiger partial charge in [-0.25, -0.2) is 9.97 Å². The van der Waals surface area contributed by atoms with Gasteiger partial charge in [0.25, 0.3) is 0 Å². The second-order valence-electron chi connectivity index (χ2n) is 11.0. The van der Waals surface area contributed by atoms with Crippen LogP contribution in [0.3, 0.4) is 0 Å². The van der Waals surface area contributed by atoms with E-state index in [9.17, 15) is 0 Å². The van der Waals surface area contributed by atoms with Gasteiger partial charge in [0.15, 0.2) is 5.58 Å². The van der Waals surface area contributed by atoms with Crippen LogP contribution < -0.4 is 4.74 Å². The molecule has 43 heavy (non-hydrogen) atoms. The van der Waals surface area contributed by atoms with E-state index in [1.807, 2.05) is 48.5 Å². The minimum absolute atomic E-state index is 0.591. The maximum atomic E-state index is 6.56. The molecule has 0 N–H and O–H groups in total. The first kappa shape index (κ1) is 22.7. The predicted octanol–water partition coefficient (Wildman–Crippen LogP) is 10.1. The third kappa shape index (κ3) is 3.05. The van der Waals surface area contributed by atoms with E-state index in [1.165, 1.54) is 0 Å². The molecule has 4 heterocycles. The molecule has 0 fully saturated rings. The fourth-order valence-corrected chi connectivity index (χ4v) is 6.78. The van der Waals surface area contributed by atoms with Crippen molar-refractivity contribution in [3.05, 3.63) is 127 Å². The first-order valence-corrected chi connectivity index (χ1v) is 14.3. The van der Waals surface area contributed by atoms with Crippen LogP contribution in [-0.2, 0) is 0 Å². The Kier molecular flexibility index (Phi) is 4.39. The molecule has 0 unspecified atom stereocenters. The van der Waals surface area contributed by atoms with Crippen LogP contribution in [0.1, 0.15) is 0 Å². The Morgan fingerprint density at radius 1 is 0.535 bits per heavy atom. The molecule has 1 aliphatic heterocycles. The highest BCUT2D eigenvalue weighted by atomic mass is 16.5. The molecule has 10 rings (SSSR count). The lowest BCUT2D eigenvalue weighted by molar-refractivity contribution is 0.493. The molecule has 3 aromatic heterocycles. The van der Waals surface area contributed by atoms with Crippen molar-refractivity contribution in [2.45, 2.75) is 0 Å². The van der Waals surface area contributed by atoms with Crippen molar-refractivity contribution in [1.82, 2.24) is 14.5 Å². The van der Waals surface area contributed by atoms with Crippen molar-refractivity contribution < 1.29 is 9.15 Å². The minimum atomic E-state index is 0.591. The van der Waals surface area contributed by atoms with Crippen LogP contribution in [0.25, 0.3) is 83.0 Å². The van der Waals surface area contributed by atoms with E-state index in [0.717, 1.165) is 82.9 Å². The zero-order valence-corrected chi connectivity index (χ0v) is 22.8. The van der Waals surface area contributed by atoms with Crippen molar-refractivity contribution in [2.24, 2.45) is 0 Å². The Hall–Kier alpha value is -5.94. The number of para-hydroxylation sites is 1. The van der Waals surface area contributed by atoms with E-state index in [4.69, 9.17) is 19.1 Å². The van der Waals surface area contributed by atoms with Crippen LogP contribution in [0.5, 0.6) is 11.5 Å². The third-order valence-corrected chi connectivity index (χ3v) is 8.60. The van der Waals surface area contributed by atoms with Crippen LogP contribution in [-0.4, -0.2) is 14.5 Å². The summed E-state index contributed by atoms with van der Waals surface area (Å²) in [6, 6.07) is 43.6. The molecule has 0 spiro atoms. The molecule has 0 amide bonds. The summed E-state index contributed by atoms with van der Waals surface area (Å²) in [5, 5.41) is 5.46. The molecule has 0 bridgehead atoms. The van der Waals surface area contributed by atoms with Gasteiger partial charge in [-0.2, -0.15) is 0 Å². The van der Waals surface area contributed by atoms with Gasteiger partial charge in [0, 0.05) is 21.7 Å². The molecular formula is C38H21N3O2. The fraction of sp³-hybridized carbons (Fsp3) is 0. The number of hydrogen-bond acceptors (Lipinski definition) is 4. The third-order valence-electron chi connectivity index (χ3n) is 8.60. The van der Waals surface area contributed by atoms with Crippen molar-refractivity contribution in [3.63, 3.8) is 0 Å². The predicted molar refractivity (Wildman–Crippen MR) is 172 cm³/mol. The summed E-state index contributed by atoms with van der Waals surface area (Å²) in [5.41, 5.74) is 8.32. The highest BCUT2D eigenvalue weighted by Crippen LogP contribution is 2.51. The van der Waals surface area contributed by atoms with Crippen molar-refractivity contribution in [3.8, 4) is 39.8 Å². The summed E-state index contributed by atoms with van der Waals surface area (Å²) in [7, 11) is 0. The number of rotatable bonds is 3. The number of nitrogens with zero attached hydrogens (tertiary/aromatic N) is 3. The minimum Gasteiger partial charge on any atom is -0.456 e. The van der Waals surface area contributed by atoms with E-state index in [2.05, 4.69) is 83.4 Å². The number of fused-ring (bicyclic) bond motifs is 3. The lowest BCUT2D eigenvalue weighted by Crippen LogP contribution is -2.03. The topological polar surface area (TPSA) is 53.1 Å². The van der Waals surface area contributed by atoms with Crippen LogP contribution in [0, 0.1) is 0 Å². The average Bonchev–Trinajstić information content (AvgIpc) is 3.61. The number of hydrogen-bond donors (Lipinski definition) is 0. The van der Waals surface area contributed by atoms with Gasteiger partial charge in [-0.3, -0.25) is 4.57 Å². The molecule has 6 aromatic carbocycles. The molecular weight excluding hydrogens is 530 g/mol. The molecule has 1 aliphatic rings. The first-order chi connectivity index (χ1) is 21.3. The van der Waals surface area contributed by atoms with Gasteiger partial charge >= 0.3 is 0 Å². The van der Waals surface area contributed by atoms with E-state index in [-0.39, 0.29) is 0 Å². The summed E-state index contributed by atoms with van der Waals surface area (Å²) in [6.07, 6.45) is 0. The smallest absolute Gasteiger partial charge is 0.236 e. The summed E-state index contributed by atoms with van der Waals surface area (Å²) < 4.78 is 15.2. The summed E-state index contributed by atoms with van der Waals surface area (Å²) in [4.78, 5) is 10.5. The normalized spacial score (nSPS) is 12.4. The zero-order valence-electron chi connectivity index (χ0n) is 22.8.